The number of carboxylic acids is 1. The summed E-state index contributed by atoms with van der Waals surface area (Å²) >= 11 is 0. The summed E-state index contributed by atoms with van der Waals surface area (Å²) in [6.07, 6.45) is 7.68. The fraction of sp³-hybridized carbons (Fsp3) is 0.696. The molecule has 1 aromatic rings. The molecule has 1 aromatic carbocycles. The predicted molar refractivity (Wildman–Crippen MR) is 119 cm³/mol. The smallest absolute Gasteiger partial charge is 0.335 e. The van der Waals surface area contributed by atoms with E-state index in [1.54, 1.807) is 30.3 Å². The molecule has 176 valence electrons. The fourth-order valence-corrected chi connectivity index (χ4v) is 2.04. The lowest BCUT2D eigenvalue weighted by Crippen LogP contribution is -2.09. The summed E-state index contributed by atoms with van der Waals surface area (Å²) in [7, 11) is 0. The third-order valence-corrected chi connectivity index (χ3v) is 3.65. The maximum absolute atomic E-state index is 10.2. The highest BCUT2D eigenvalue weighted by Crippen LogP contribution is 1.97. The molecular formula is C23H42O7. The Morgan fingerprint density at radius 3 is 1.47 bits per heavy atom. The normalized spacial score (nSPS) is 9.87. The van der Waals surface area contributed by atoms with E-state index in [1.807, 2.05) is 0 Å². The first-order chi connectivity index (χ1) is 14.6. The molecule has 1 rings (SSSR count). The quantitative estimate of drug-likeness (QED) is 0.343. The van der Waals surface area contributed by atoms with Crippen molar-refractivity contribution >= 4 is 5.97 Å². The number of ether oxygens (including phenoxy) is 3. The fourth-order valence-electron chi connectivity index (χ4n) is 2.04. The Labute approximate surface area is 182 Å². The SMILES string of the molecule is CCCCCOCCCCC.O=C(O)c1ccccc1.OCCOCCOCCO. The molecule has 0 aliphatic rings. The van der Waals surface area contributed by atoms with E-state index < -0.39 is 5.97 Å². The molecule has 0 saturated heterocycles. The van der Waals surface area contributed by atoms with Gasteiger partial charge < -0.3 is 29.5 Å². The van der Waals surface area contributed by atoms with Crippen LogP contribution in [0.3, 0.4) is 0 Å². The molecule has 0 aliphatic carbocycles. The van der Waals surface area contributed by atoms with Crippen molar-refractivity contribution in [3.63, 3.8) is 0 Å². The molecular weight excluding hydrogens is 388 g/mol. The van der Waals surface area contributed by atoms with Gasteiger partial charge in [-0.3, -0.25) is 0 Å². The van der Waals surface area contributed by atoms with Gasteiger partial charge in [-0.15, -0.1) is 0 Å². The lowest BCUT2D eigenvalue weighted by molar-refractivity contribution is 0.0222. The highest BCUT2D eigenvalue weighted by Gasteiger charge is 1.96. The number of aliphatic hydroxyl groups is 2. The van der Waals surface area contributed by atoms with E-state index in [2.05, 4.69) is 13.8 Å². The summed E-state index contributed by atoms with van der Waals surface area (Å²) in [4.78, 5) is 10.2. The van der Waals surface area contributed by atoms with Gasteiger partial charge >= 0.3 is 5.97 Å². The lowest BCUT2D eigenvalue weighted by Gasteiger charge is -2.01. The molecule has 0 amide bonds. The second kappa shape index (κ2) is 27.5. The van der Waals surface area contributed by atoms with Crippen LogP contribution in [0.25, 0.3) is 0 Å². The van der Waals surface area contributed by atoms with Crippen LogP contribution in [-0.4, -0.2) is 74.1 Å². The largest absolute Gasteiger partial charge is 0.478 e. The average Bonchev–Trinajstić information content (AvgIpc) is 2.77. The number of unbranched alkanes of at least 4 members (excludes halogenated alkanes) is 4. The molecule has 3 N–H and O–H groups in total. The van der Waals surface area contributed by atoms with Crippen molar-refractivity contribution in [2.45, 2.75) is 52.4 Å². The number of aliphatic hydroxyl groups excluding tert-OH is 2. The van der Waals surface area contributed by atoms with Crippen LogP contribution in [0.4, 0.5) is 0 Å². The number of benzene rings is 1. The van der Waals surface area contributed by atoms with Crippen LogP contribution in [0.5, 0.6) is 0 Å². The maximum atomic E-state index is 10.2. The number of carbonyl (C=O) groups is 1. The molecule has 0 bridgehead atoms. The van der Waals surface area contributed by atoms with E-state index in [4.69, 9.17) is 29.5 Å². The minimum Gasteiger partial charge on any atom is -0.478 e. The van der Waals surface area contributed by atoms with Gasteiger partial charge in [-0.2, -0.15) is 0 Å². The molecule has 0 fully saturated rings. The summed E-state index contributed by atoms with van der Waals surface area (Å²) in [6.45, 7) is 8.11. The standard InChI is InChI=1S/C10H22O.C7H6O2.C6H14O4/c1-3-5-7-9-11-10-8-6-4-2;8-7(9)6-4-2-1-3-5-6;7-1-3-9-5-6-10-4-2-8/h3-10H2,1-2H3;1-5H,(H,8,9);7-8H,1-6H2. The van der Waals surface area contributed by atoms with Crippen molar-refractivity contribution in [2.24, 2.45) is 0 Å². The van der Waals surface area contributed by atoms with Crippen molar-refractivity contribution in [1.29, 1.82) is 0 Å². The van der Waals surface area contributed by atoms with E-state index in [9.17, 15) is 4.79 Å². The van der Waals surface area contributed by atoms with Crippen LogP contribution in [0.1, 0.15) is 62.7 Å². The van der Waals surface area contributed by atoms with Gasteiger partial charge in [0.2, 0.25) is 0 Å². The Balaban J connectivity index is 0. The molecule has 7 heteroatoms. The number of aromatic carboxylic acids is 1. The summed E-state index contributed by atoms with van der Waals surface area (Å²) in [5.41, 5.74) is 0.331. The van der Waals surface area contributed by atoms with Crippen molar-refractivity contribution < 1.29 is 34.3 Å². The zero-order chi connectivity index (χ0) is 22.7. The molecule has 0 unspecified atom stereocenters. The van der Waals surface area contributed by atoms with Gasteiger partial charge in [0.25, 0.3) is 0 Å². The Bertz CT molecular complexity index is 424. The molecule has 0 aliphatic heterocycles. The summed E-state index contributed by atoms with van der Waals surface area (Å²) < 4.78 is 15.2. The maximum Gasteiger partial charge on any atom is 0.335 e. The molecule has 0 spiro atoms. The Morgan fingerprint density at radius 2 is 1.13 bits per heavy atom. The molecule has 0 atom stereocenters. The van der Waals surface area contributed by atoms with Crippen LogP contribution in [0.15, 0.2) is 30.3 Å². The molecule has 30 heavy (non-hydrogen) atoms. The van der Waals surface area contributed by atoms with Crippen molar-refractivity contribution in [3.8, 4) is 0 Å². The van der Waals surface area contributed by atoms with E-state index >= 15 is 0 Å². The lowest BCUT2D eigenvalue weighted by atomic mass is 10.2. The van der Waals surface area contributed by atoms with Gasteiger partial charge in [0.15, 0.2) is 0 Å². The highest BCUT2D eigenvalue weighted by molar-refractivity contribution is 5.87. The van der Waals surface area contributed by atoms with Gasteiger partial charge in [-0.1, -0.05) is 57.7 Å². The molecule has 0 saturated carbocycles. The van der Waals surface area contributed by atoms with E-state index in [1.165, 1.54) is 38.5 Å². The van der Waals surface area contributed by atoms with Crippen LogP contribution >= 0.6 is 0 Å². The second-order valence-corrected chi connectivity index (χ2v) is 6.37. The van der Waals surface area contributed by atoms with Gasteiger partial charge in [-0.25, -0.2) is 4.79 Å². The summed E-state index contributed by atoms with van der Waals surface area (Å²) in [6, 6.07) is 8.30. The van der Waals surface area contributed by atoms with Crippen molar-refractivity contribution in [1.82, 2.24) is 0 Å². The van der Waals surface area contributed by atoms with Crippen LogP contribution < -0.4 is 0 Å². The van der Waals surface area contributed by atoms with Gasteiger partial charge in [0.1, 0.15) is 0 Å². The van der Waals surface area contributed by atoms with Crippen LogP contribution in [0, 0.1) is 0 Å². The van der Waals surface area contributed by atoms with Crippen LogP contribution in [0.2, 0.25) is 0 Å². The number of hydrogen-bond acceptors (Lipinski definition) is 6. The third-order valence-electron chi connectivity index (χ3n) is 3.65. The summed E-state index contributed by atoms with van der Waals surface area (Å²) in [5.74, 6) is -0.879. The second-order valence-electron chi connectivity index (χ2n) is 6.37. The molecule has 0 heterocycles. The Kier molecular flexibility index (Phi) is 28.1. The summed E-state index contributed by atoms with van der Waals surface area (Å²) in [5, 5.41) is 24.9. The monoisotopic (exact) mass is 430 g/mol. The topological polar surface area (TPSA) is 105 Å². The number of carboxylic acid groups (broad SMARTS) is 1. The molecule has 0 aromatic heterocycles. The third kappa shape index (κ3) is 26.5. The van der Waals surface area contributed by atoms with Crippen molar-refractivity contribution in [3.05, 3.63) is 35.9 Å². The minimum absolute atomic E-state index is 0.0417. The van der Waals surface area contributed by atoms with Gasteiger partial charge in [0.05, 0.1) is 45.2 Å². The number of rotatable bonds is 16. The Hall–Kier alpha value is -1.51. The molecule has 7 nitrogen and oxygen atoms in total. The van der Waals surface area contributed by atoms with Gasteiger partial charge in [0, 0.05) is 13.2 Å². The van der Waals surface area contributed by atoms with Gasteiger partial charge in [-0.05, 0) is 25.0 Å². The van der Waals surface area contributed by atoms with Crippen molar-refractivity contribution in [2.75, 3.05) is 52.9 Å². The molecule has 0 radical (unpaired) electrons. The minimum atomic E-state index is -0.879. The predicted octanol–water partition coefficient (Wildman–Crippen LogP) is 3.77. The average molecular weight is 431 g/mol. The Morgan fingerprint density at radius 1 is 0.700 bits per heavy atom. The highest BCUT2D eigenvalue weighted by atomic mass is 16.5. The first-order valence-electron chi connectivity index (χ1n) is 10.9. The van der Waals surface area contributed by atoms with Crippen LogP contribution in [-0.2, 0) is 14.2 Å². The number of hydrogen-bond donors (Lipinski definition) is 3. The van der Waals surface area contributed by atoms with E-state index in [0.717, 1.165) is 13.2 Å². The first kappa shape index (κ1) is 30.7. The first-order valence-corrected chi connectivity index (χ1v) is 10.9. The van der Waals surface area contributed by atoms with E-state index in [0.29, 0.717) is 32.0 Å². The van der Waals surface area contributed by atoms with E-state index in [-0.39, 0.29) is 13.2 Å². The zero-order valence-electron chi connectivity index (χ0n) is 18.8. The zero-order valence-corrected chi connectivity index (χ0v) is 18.8.